The van der Waals surface area contributed by atoms with Gasteiger partial charge in [0.1, 0.15) is 12.1 Å². The summed E-state index contributed by atoms with van der Waals surface area (Å²) in [5.74, 6) is 2.39. The SMILES string of the molecule is CC1=CC=C=CC(C)=C1.CCCc1cc(C)cc(C)c1.[CH2-]C/C=C(C)/C(C(=C\CC)/C1CC1)=C(\[NH-])N1CCN(C(=O)OC2(C)C(C)C2(C)OC(=O)N2CCN(c3ncnc(C)c3/C(=C\C)C3CC3)CC2)CC1C.[K+]. The maximum Gasteiger partial charge on any atom is 1.00 e. The van der Waals surface area contributed by atoms with Crippen LogP contribution in [0, 0.1) is 45.4 Å². The number of aromatic nitrogens is 2. The Morgan fingerprint density at radius 1 is 0.851 bits per heavy atom. The predicted molar refractivity (Wildman–Crippen MR) is 300 cm³/mol. The van der Waals surface area contributed by atoms with E-state index < -0.39 is 17.3 Å². The zero-order valence-electron chi connectivity index (χ0n) is 47.8. The minimum absolute atomic E-state index is 0. The van der Waals surface area contributed by atoms with Gasteiger partial charge < -0.3 is 41.7 Å². The zero-order valence-corrected chi connectivity index (χ0v) is 50.9. The van der Waals surface area contributed by atoms with Crippen LogP contribution in [0.1, 0.15) is 142 Å². The van der Waals surface area contributed by atoms with Gasteiger partial charge >= 0.3 is 63.6 Å². The molecule has 4 unspecified atom stereocenters. The maximum atomic E-state index is 13.7. The number of nitrogens with one attached hydrogen (secondary N) is 1. The fourth-order valence-corrected chi connectivity index (χ4v) is 10.8. The van der Waals surface area contributed by atoms with Crippen molar-refractivity contribution in [2.75, 3.05) is 50.7 Å². The monoisotopic (exact) mass is 1030 g/mol. The number of carbonyl (C=O) groups is 2. The van der Waals surface area contributed by atoms with Gasteiger partial charge in [0.05, 0.1) is 5.69 Å². The molecule has 11 nitrogen and oxygen atoms in total. The van der Waals surface area contributed by atoms with E-state index in [2.05, 4.69) is 132 Å². The zero-order chi connectivity index (χ0) is 53.2. The fourth-order valence-electron chi connectivity index (χ4n) is 10.8. The van der Waals surface area contributed by atoms with E-state index in [0.717, 1.165) is 34.6 Å². The van der Waals surface area contributed by atoms with Gasteiger partial charge in [-0.2, -0.15) is 6.42 Å². The largest absolute Gasteiger partial charge is 1.00 e. The van der Waals surface area contributed by atoms with Gasteiger partial charge in [-0.1, -0.05) is 105 Å². The molecule has 0 spiro atoms. The molecule has 5 fully saturated rings. The van der Waals surface area contributed by atoms with Gasteiger partial charge in [0.25, 0.3) is 0 Å². The Morgan fingerprint density at radius 3 is 2.01 bits per heavy atom. The average molecular weight is 1030 g/mol. The molecule has 3 saturated carbocycles. The summed E-state index contributed by atoms with van der Waals surface area (Å²) in [6, 6.07) is 6.70. The number of rotatable bonds is 13. The molecule has 0 bridgehead atoms. The predicted octanol–water partition coefficient (Wildman–Crippen LogP) is 11.2. The normalized spacial score (nSPS) is 24.2. The summed E-state index contributed by atoms with van der Waals surface area (Å²) in [6.07, 6.45) is 24.3. The molecule has 4 aliphatic carbocycles. The molecule has 6 aliphatic rings. The first-order valence-electron chi connectivity index (χ1n) is 27.2. The number of anilines is 1. The number of allylic oxidation sites excluding steroid dienone is 12. The number of benzene rings is 1. The van der Waals surface area contributed by atoms with Crippen molar-refractivity contribution in [3.8, 4) is 0 Å². The fraction of sp³-hybridized carbons (Fsp3) is 0.548. The van der Waals surface area contributed by atoms with Crippen molar-refractivity contribution < 1.29 is 70.4 Å². The van der Waals surface area contributed by atoms with Crippen molar-refractivity contribution in [2.24, 2.45) is 17.8 Å². The van der Waals surface area contributed by atoms with Gasteiger partial charge in [-0.15, -0.1) is 11.8 Å². The summed E-state index contributed by atoms with van der Waals surface area (Å²) < 4.78 is 12.4. The number of aryl methyl sites for hydroxylation is 4. The van der Waals surface area contributed by atoms with Crippen LogP contribution in [0.3, 0.4) is 0 Å². The molecule has 396 valence electrons. The molecule has 1 aromatic carbocycles. The topological polar surface area (TPSA) is 115 Å². The van der Waals surface area contributed by atoms with Gasteiger partial charge in [0.2, 0.25) is 0 Å². The van der Waals surface area contributed by atoms with Crippen molar-refractivity contribution in [1.29, 1.82) is 0 Å². The molecule has 0 radical (unpaired) electrons. The van der Waals surface area contributed by atoms with E-state index in [1.807, 2.05) is 45.9 Å². The van der Waals surface area contributed by atoms with Gasteiger partial charge in [-0.05, 0) is 165 Å². The molecule has 2 aliphatic heterocycles. The van der Waals surface area contributed by atoms with Crippen LogP contribution in [-0.2, 0) is 15.9 Å². The first-order chi connectivity index (χ1) is 34.8. The second-order valence-corrected chi connectivity index (χ2v) is 21.6. The molecular formula is C62H87KN7O4-. The molecule has 12 heteroatoms. The summed E-state index contributed by atoms with van der Waals surface area (Å²) in [4.78, 5) is 44.3. The second kappa shape index (κ2) is 27.2. The third-order valence-electron chi connectivity index (χ3n) is 15.6. The van der Waals surface area contributed by atoms with Crippen molar-refractivity contribution in [3.05, 3.63) is 147 Å². The van der Waals surface area contributed by atoms with Crippen molar-refractivity contribution in [3.63, 3.8) is 0 Å². The Hall–Kier alpha value is -4.16. The molecule has 2 saturated heterocycles. The Balaban J connectivity index is 0.000000400. The van der Waals surface area contributed by atoms with Gasteiger partial charge in [-0.25, -0.2) is 19.6 Å². The van der Waals surface area contributed by atoms with Crippen LogP contribution in [0.15, 0.2) is 106 Å². The van der Waals surface area contributed by atoms with Crippen LogP contribution in [-0.4, -0.2) is 99.9 Å². The number of carbonyl (C=O) groups excluding carboxylic acids is 2. The van der Waals surface area contributed by atoms with E-state index in [0.29, 0.717) is 69.9 Å². The van der Waals surface area contributed by atoms with Crippen LogP contribution in [0.25, 0.3) is 11.3 Å². The van der Waals surface area contributed by atoms with E-state index in [-0.39, 0.29) is 69.4 Å². The number of nitrogens with zero attached hydrogens (tertiary/aromatic N) is 6. The molecule has 2 aromatic rings. The average Bonchev–Trinajstić information content (AvgIpc) is 4.28. The molecule has 8 rings (SSSR count). The molecular weight excluding hydrogens is 946 g/mol. The Morgan fingerprint density at radius 2 is 1.46 bits per heavy atom. The molecule has 4 atom stereocenters. The van der Waals surface area contributed by atoms with Crippen LogP contribution in [0.2, 0.25) is 0 Å². The number of hydrogen-bond donors (Lipinski definition) is 0. The standard InChI is InChI=1S/C42H61N7O4.C11H16.C9H10.K/c1-10-13-27(4)35(34(14-11-2)32-17-18-32)37(43)49-24-23-48(25-28(49)5)40(51)53-42(9)30(7)41(42,8)52-39(50)47-21-19-46(20-22-47)38-36(29(6)44-26-45-38)33(12-3)31-15-16-31;1-4-5-11-7-9(2)6-10(3)8-11;1-8-5-3-4-6-9(2)7-8;/h12-14,26,28,30-32,43H,1,10-11,15-25H2,2-9H3;6-8H,4-5H2,1-3H3;3,5-7H,1-2H3;/q-2;;;+1/b27-13+,33-12-,34-14-,37-35-;;;. The van der Waals surface area contributed by atoms with E-state index in [4.69, 9.17) is 14.5 Å². The number of piperazine rings is 2. The van der Waals surface area contributed by atoms with Crippen molar-refractivity contribution >= 4 is 23.6 Å². The summed E-state index contributed by atoms with van der Waals surface area (Å²) in [7, 11) is 0. The van der Waals surface area contributed by atoms with Crippen molar-refractivity contribution in [1.82, 2.24) is 24.7 Å². The van der Waals surface area contributed by atoms with Gasteiger partial charge in [0.15, 0.2) is 11.2 Å². The van der Waals surface area contributed by atoms with Crippen LogP contribution < -0.4 is 56.3 Å². The molecule has 1 N–H and O–H groups in total. The quantitative estimate of drug-likeness (QED) is 0.0843. The van der Waals surface area contributed by atoms with Crippen LogP contribution in [0.4, 0.5) is 15.4 Å². The number of amides is 2. The molecule has 1 aromatic heterocycles. The first kappa shape index (κ1) is 60.7. The Bertz CT molecular complexity index is 2550. The first-order valence-corrected chi connectivity index (χ1v) is 27.2. The maximum absolute atomic E-state index is 13.7. The summed E-state index contributed by atoms with van der Waals surface area (Å²) in [5, 5.41) is 0. The molecule has 3 heterocycles. The van der Waals surface area contributed by atoms with Gasteiger partial charge in [0, 0.05) is 50.7 Å². The second-order valence-electron chi connectivity index (χ2n) is 21.6. The molecule has 74 heavy (non-hydrogen) atoms. The third kappa shape index (κ3) is 15.1. The van der Waals surface area contributed by atoms with Crippen molar-refractivity contribution in [2.45, 2.75) is 159 Å². The Labute approximate surface area is 488 Å². The van der Waals surface area contributed by atoms with E-state index in [1.165, 1.54) is 77.5 Å². The number of hydrogen-bond acceptors (Lipinski definition) is 8. The summed E-state index contributed by atoms with van der Waals surface area (Å²) in [5.41, 5.74) is 24.1. The minimum Gasteiger partial charge on any atom is -0.482 e. The Kier molecular flexibility index (Phi) is 22.3. The van der Waals surface area contributed by atoms with E-state index in [9.17, 15) is 15.3 Å². The smallest absolute Gasteiger partial charge is 0.482 e. The summed E-state index contributed by atoms with van der Waals surface area (Å²) in [6.45, 7) is 34.6. The van der Waals surface area contributed by atoms with Crippen LogP contribution in [0.5, 0.6) is 0 Å². The van der Waals surface area contributed by atoms with E-state index >= 15 is 0 Å². The molecule has 2 amide bonds. The van der Waals surface area contributed by atoms with Gasteiger partial charge in [-0.3, -0.25) is 0 Å². The van der Waals surface area contributed by atoms with Crippen LogP contribution >= 0.6 is 0 Å². The third-order valence-corrected chi connectivity index (χ3v) is 15.6. The summed E-state index contributed by atoms with van der Waals surface area (Å²) >= 11 is 0. The minimum atomic E-state index is -0.950. The number of ether oxygens (including phenoxy) is 2. The van der Waals surface area contributed by atoms with E-state index in [1.54, 1.807) is 16.1 Å².